The largest absolute Gasteiger partial charge is 0.469 e. The van der Waals surface area contributed by atoms with Crippen LogP contribution in [0.1, 0.15) is 31.7 Å². The average Bonchev–Trinajstić information content (AvgIpc) is 2.81. The molecule has 0 aliphatic rings. The number of carbonyl (C=O) groups excluding carboxylic acids is 1. The summed E-state index contributed by atoms with van der Waals surface area (Å²) in [6.45, 7) is 3.24. The van der Waals surface area contributed by atoms with Crippen molar-refractivity contribution < 1.29 is 9.53 Å². The number of carbonyl (C=O) groups is 1. The molecular weight excluding hydrogens is 238 g/mol. The number of nitrogens with zero attached hydrogens (tertiary/aromatic N) is 1. The first-order valence-electron chi connectivity index (χ1n) is 6.89. The van der Waals surface area contributed by atoms with E-state index in [-0.39, 0.29) is 5.97 Å². The summed E-state index contributed by atoms with van der Waals surface area (Å²) in [5.41, 5.74) is 2.49. The molecule has 1 heterocycles. The van der Waals surface area contributed by atoms with Crippen LogP contribution in [0.4, 0.5) is 0 Å². The minimum Gasteiger partial charge on any atom is -0.469 e. The molecule has 0 saturated carbocycles. The number of hydrogen-bond acceptors (Lipinski definition) is 2. The van der Waals surface area contributed by atoms with Crippen molar-refractivity contribution in [1.82, 2.24) is 4.57 Å². The van der Waals surface area contributed by atoms with Crippen LogP contribution < -0.4 is 0 Å². The molecule has 19 heavy (non-hydrogen) atoms. The van der Waals surface area contributed by atoms with E-state index in [1.165, 1.54) is 36.4 Å². The quantitative estimate of drug-likeness (QED) is 0.743. The van der Waals surface area contributed by atoms with Gasteiger partial charge in [0, 0.05) is 30.1 Å². The second-order valence-electron chi connectivity index (χ2n) is 4.79. The van der Waals surface area contributed by atoms with Gasteiger partial charge in [0.1, 0.15) is 0 Å². The van der Waals surface area contributed by atoms with Crippen LogP contribution in [0.25, 0.3) is 10.9 Å². The van der Waals surface area contributed by atoms with E-state index in [9.17, 15) is 4.79 Å². The van der Waals surface area contributed by atoms with Crippen LogP contribution in [-0.2, 0) is 22.5 Å². The average molecular weight is 259 g/mol. The molecule has 0 radical (unpaired) electrons. The van der Waals surface area contributed by atoms with Crippen LogP contribution in [0.3, 0.4) is 0 Å². The fraction of sp³-hybridized carbons (Fsp3) is 0.438. The molecule has 0 fully saturated rings. The van der Waals surface area contributed by atoms with E-state index in [0.717, 1.165) is 13.0 Å². The lowest BCUT2D eigenvalue weighted by atomic mass is 10.1. The Balaban J connectivity index is 2.25. The zero-order valence-electron chi connectivity index (χ0n) is 11.7. The van der Waals surface area contributed by atoms with E-state index >= 15 is 0 Å². The predicted molar refractivity (Wildman–Crippen MR) is 77.2 cm³/mol. The number of fused-ring (bicyclic) bond motifs is 1. The highest BCUT2D eigenvalue weighted by Gasteiger charge is 2.09. The summed E-state index contributed by atoms with van der Waals surface area (Å²) >= 11 is 0. The third-order valence-corrected chi connectivity index (χ3v) is 3.45. The van der Waals surface area contributed by atoms with Gasteiger partial charge < -0.3 is 9.30 Å². The molecule has 1 aromatic carbocycles. The number of unbranched alkanes of at least 4 members (excludes halogenated alkanes) is 1. The summed E-state index contributed by atoms with van der Waals surface area (Å²) in [5, 5.41) is 1.25. The number of rotatable bonds is 6. The van der Waals surface area contributed by atoms with Gasteiger partial charge in [-0.2, -0.15) is 0 Å². The Morgan fingerprint density at radius 2 is 2.11 bits per heavy atom. The molecule has 2 rings (SSSR count). The lowest BCUT2D eigenvalue weighted by Gasteiger charge is -2.02. The second kappa shape index (κ2) is 6.41. The highest BCUT2D eigenvalue weighted by atomic mass is 16.5. The molecule has 102 valence electrons. The number of ether oxygens (including phenoxy) is 1. The predicted octanol–water partition coefficient (Wildman–Crippen LogP) is 3.55. The van der Waals surface area contributed by atoms with E-state index in [4.69, 9.17) is 4.74 Å². The van der Waals surface area contributed by atoms with E-state index in [0.29, 0.717) is 6.42 Å². The van der Waals surface area contributed by atoms with Gasteiger partial charge in [0.15, 0.2) is 0 Å². The van der Waals surface area contributed by atoms with Gasteiger partial charge in [-0.15, -0.1) is 0 Å². The van der Waals surface area contributed by atoms with E-state index in [1.807, 2.05) is 6.07 Å². The van der Waals surface area contributed by atoms with Crippen molar-refractivity contribution in [2.24, 2.45) is 0 Å². The van der Waals surface area contributed by atoms with Gasteiger partial charge in [-0.1, -0.05) is 31.5 Å². The number of para-hydroxylation sites is 1. The van der Waals surface area contributed by atoms with Crippen LogP contribution in [0.5, 0.6) is 0 Å². The zero-order valence-corrected chi connectivity index (χ0v) is 11.7. The second-order valence-corrected chi connectivity index (χ2v) is 4.79. The van der Waals surface area contributed by atoms with Gasteiger partial charge in [0.05, 0.1) is 7.11 Å². The third-order valence-electron chi connectivity index (χ3n) is 3.45. The normalized spacial score (nSPS) is 10.8. The maximum absolute atomic E-state index is 11.3. The first-order valence-corrected chi connectivity index (χ1v) is 6.89. The molecule has 0 atom stereocenters. The highest BCUT2D eigenvalue weighted by Crippen LogP contribution is 2.23. The number of esters is 1. The summed E-state index contributed by atoms with van der Waals surface area (Å²) in [5.74, 6) is -0.148. The van der Waals surface area contributed by atoms with Gasteiger partial charge in [0.2, 0.25) is 0 Å². The number of aryl methyl sites for hydroxylation is 2. The standard InChI is InChI=1S/C16H21NO2/c1-3-4-11-17-12-13(9-10-16(18)19-2)14-7-5-6-8-15(14)17/h5-8,12H,3-4,9-11H2,1-2H3. The van der Waals surface area contributed by atoms with Crippen molar-refractivity contribution in [2.45, 2.75) is 39.2 Å². The molecule has 0 N–H and O–H groups in total. The number of aromatic nitrogens is 1. The van der Waals surface area contributed by atoms with Crippen LogP contribution in [0.2, 0.25) is 0 Å². The zero-order chi connectivity index (χ0) is 13.7. The third kappa shape index (κ3) is 3.16. The molecule has 0 saturated heterocycles. The van der Waals surface area contributed by atoms with Crippen molar-refractivity contribution in [1.29, 1.82) is 0 Å². The number of methoxy groups -OCH3 is 1. The van der Waals surface area contributed by atoms with E-state index in [1.54, 1.807) is 0 Å². The maximum atomic E-state index is 11.3. The molecule has 0 amide bonds. The maximum Gasteiger partial charge on any atom is 0.305 e. The minimum absolute atomic E-state index is 0.148. The van der Waals surface area contributed by atoms with Crippen molar-refractivity contribution >= 4 is 16.9 Å². The van der Waals surface area contributed by atoms with Gasteiger partial charge >= 0.3 is 5.97 Å². The summed E-state index contributed by atoms with van der Waals surface area (Å²) in [4.78, 5) is 11.3. The Morgan fingerprint density at radius 1 is 1.32 bits per heavy atom. The molecule has 3 nitrogen and oxygen atoms in total. The van der Waals surface area contributed by atoms with Crippen LogP contribution in [0, 0.1) is 0 Å². The summed E-state index contributed by atoms with van der Waals surface area (Å²) in [7, 11) is 1.44. The fourth-order valence-corrected chi connectivity index (χ4v) is 2.37. The summed E-state index contributed by atoms with van der Waals surface area (Å²) < 4.78 is 7.01. The topological polar surface area (TPSA) is 31.2 Å². The Labute approximate surface area is 114 Å². The monoisotopic (exact) mass is 259 g/mol. The molecule has 0 spiro atoms. The highest BCUT2D eigenvalue weighted by molar-refractivity contribution is 5.84. The molecular formula is C16H21NO2. The SMILES string of the molecule is CCCCn1cc(CCC(=O)OC)c2ccccc21. The van der Waals surface area contributed by atoms with Crippen molar-refractivity contribution in [3.05, 3.63) is 36.0 Å². The molecule has 0 aliphatic heterocycles. The fourth-order valence-electron chi connectivity index (χ4n) is 2.37. The first-order chi connectivity index (χ1) is 9.26. The lowest BCUT2D eigenvalue weighted by molar-refractivity contribution is -0.140. The van der Waals surface area contributed by atoms with Gasteiger partial charge in [-0.25, -0.2) is 0 Å². The van der Waals surface area contributed by atoms with Gasteiger partial charge in [0.25, 0.3) is 0 Å². The van der Waals surface area contributed by atoms with E-state index in [2.05, 4.69) is 35.9 Å². The molecule has 2 aromatic rings. The summed E-state index contributed by atoms with van der Waals surface area (Å²) in [6, 6.07) is 8.39. The first kappa shape index (κ1) is 13.7. The molecule has 1 aromatic heterocycles. The van der Waals surface area contributed by atoms with Crippen LogP contribution in [-0.4, -0.2) is 17.6 Å². The van der Waals surface area contributed by atoms with Crippen LogP contribution in [0.15, 0.2) is 30.5 Å². The molecule has 0 bridgehead atoms. The Hall–Kier alpha value is -1.77. The Kier molecular flexibility index (Phi) is 4.61. The number of benzene rings is 1. The van der Waals surface area contributed by atoms with Crippen molar-refractivity contribution in [2.75, 3.05) is 7.11 Å². The Morgan fingerprint density at radius 3 is 2.84 bits per heavy atom. The van der Waals surface area contributed by atoms with Gasteiger partial charge in [-0.3, -0.25) is 4.79 Å². The lowest BCUT2D eigenvalue weighted by Crippen LogP contribution is -2.01. The molecule has 0 aliphatic carbocycles. The van der Waals surface area contributed by atoms with Crippen molar-refractivity contribution in [3.63, 3.8) is 0 Å². The van der Waals surface area contributed by atoms with E-state index < -0.39 is 0 Å². The van der Waals surface area contributed by atoms with Crippen LogP contribution >= 0.6 is 0 Å². The summed E-state index contributed by atoms with van der Waals surface area (Å²) in [6.07, 6.45) is 5.73. The van der Waals surface area contributed by atoms with Crippen molar-refractivity contribution in [3.8, 4) is 0 Å². The van der Waals surface area contributed by atoms with Gasteiger partial charge in [-0.05, 0) is 24.5 Å². The smallest absolute Gasteiger partial charge is 0.305 e. The minimum atomic E-state index is -0.148. The molecule has 0 unspecified atom stereocenters. The Bertz CT molecular complexity index is 557. The number of hydrogen-bond donors (Lipinski definition) is 0. The molecule has 3 heteroatoms.